The lowest BCUT2D eigenvalue weighted by atomic mass is 9.93. The fourth-order valence-electron chi connectivity index (χ4n) is 1.86. The molecular formula is C13H24BrNO4. The molecule has 19 heavy (non-hydrogen) atoms. The molecule has 1 amide bonds. The van der Waals surface area contributed by atoms with Crippen LogP contribution in [0.15, 0.2) is 0 Å². The van der Waals surface area contributed by atoms with Crippen molar-refractivity contribution >= 4 is 28.0 Å². The second-order valence-electron chi connectivity index (χ2n) is 5.51. The van der Waals surface area contributed by atoms with E-state index < -0.39 is 23.6 Å². The monoisotopic (exact) mass is 337 g/mol. The van der Waals surface area contributed by atoms with Crippen LogP contribution in [0.3, 0.4) is 0 Å². The molecule has 0 spiro atoms. The number of carboxylic acid groups (broad SMARTS) is 1. The SMILES string of the molecule is CCC(C)C(C(=O)OCCBr)N(C(=O)O)C(C)(C)C. The first kappa shape index (κ1) is 18.2. The van der Waals surface area contributed by atoms with Crippen molar-refractivity contribution in [2.45, 2.75) is 52.6 Å². The summed E-state index contributed by atoms with van der Waals surface area (Å²) in [6.45, 7) is 9.35. The summed E-state index contributed by atoms with van der Waals surface area (Å²) in [4.78, 5) is 24.8. The average molecular weight is 338 g/mol. The molecule has 0 aromatic carbocycles. The lowest BCUT2D eigenvalue weighted by molar-refractivity contribution is -0.152. The molecule has 0 radical (unpaired) electrons. The van der Waals surface area contributed by atoms with Crippen LogP contribution in [-0.4, -0.2) is 45.6 Å². The minimum absolute atomic E-state index is 0.0989. The number of hydrogen-bond acceptors (Lipinski definition) is 3. The van der Waals surface area contributed by atoms with Crippen LogP contribution in [0, 0.1) is 5.92 Å². The molecule has 112 valence electrons. The first-order valence-corrected chi connectivity index (χ1v) is 7.53. The van der Waals surface area contributed by atoms with Gasteiger partial charge in [0.2, 0.25) is 0 Å². The minimum atomic E-state index is -1.10. The van der Waals surface area contributed by atoms with Gasteiger partial charge in [0, 0.05) is 10.9 Å². The van der Waals surface area contributed by atoms with Crippen LogP contribution in [-0.2, 0) is 9.53 Å². The van der Waals surface area contributed by atoms with Gasteiger partial charge in [-0.15, -0.1) is 0 Å². The van der Waals surface area contributed by atoms with Crippen LogP contribution < -0.4 is 0 Å². The molecule has 0 aliphatic rings. The Kier molecular flexibility index (Phi) is 7.41. The Labute approximate surface area is 123 Å². The summed E-state index contributed by atoms with van der Waals surface area (Å²) in [7, 11) is 0. The van der Waals surface area contributed by atoms with E-state index in [4.69, 9.17) is 4.74 Å². The molecule has 0 rings (SSSR count). The van der Waals surface area contributed by atoms with Crippen LogP contribution in [0.2, 0.25) is 0 Å². The Balaban J connectivity index is 5.31. The number of halogens is 1. The lowest BCUT2D eigenvalue weighted by Crippen LogP contribution is -2.57. The average Bonchev–Trinajstić information content (AvgIpc) is 2.29. The van der Waals surface area contributed by atoms with Gasteiger partial charge in [-0.1, -0.05) is 36.2 Å². The molecule has 0 heterocycles. The van der Waals surface area contributed by atoms with Gasteiger partial charge in [0.15, 0.2) is 0 Å². The Morgan fingerprint density at radius 2 is 1.89 bits per heavy atom. The molecule has 0 saturated heterocycles. The smallest absolute Gasteiger partial charge is 0.408 e. The molecule has 1 N–H and O–H groups in total. The maximum atomic E-state index is 12.1. The zero-order chi connectivity index (χ0) is 15.2. The highest BCUT2D eigenvalue weighted by Gasteiger charge is 2.40. The van der Waals surface area contributed by atoms with E-state index in [-0.39, 0.29) is 12.5 Å². The lowest BCUT2D eigenvalue weighted by Gasteiger charge is -2.40. The van der Waals surface area contributed by atoms with Gasteiger partial charge in [0.25, 0.3) is 0 Å². The summed E-state index contributed by atoms with van der Waals surface area (Å²) in [5.74, 6) is -0.579. The molecule has 0 bridgehead atoms. The standard InChI is InChI=1S/C13H24BrNO4/c1-6-9(2)10(11(16)19-8-7-14)15(12(17)18)13(3,4)5/h9-10H,6-8H2,1-5H3,(H,17,18). The van der Waals surface area contributed by atoms with Crippen LogP contribution in [0.5, 0.6) is 0 Å². The minimum Gasteiger partial charge on any atom is -0.465 e. The van der Waals surface area contributed by atoms with Gasteiger partial charge >= 0.3 is 12.1 Å². The van der Waals surface area contributed by atoms with E-state index >= 15 is 0 Å². The maximum Gasteiger partial charge on any atom is 0.408 e. The molecule has 2 atom stereocenters. The molecule has 6 heteroatoms. The first-order valence-electron chi connectivity index (χ1n) is 6.41. The van der Waals surface area contributed by atoms with E-state index in [9.17, 15) is 14.7 Å². The zero-order valence-electron chi connectivity index (χ0n) is 12.3. The normalized spacial score (nSPS) is 14.6. The number of carbonyl (C=O) groups is 2. The first-order chi connectivity index (χ1) is 8.66. The van der Waals surface area contributed by atoms with Crippen molar-refractivity contribution in [3.63, 3.8) is 0 Å². The van der Waals surface area contributed by atoms with Gasteiger partial charge in [-0.2, -0.15) is 0 Å². The predicted molar refractivity (Wildman–Crippen MR) is 77.6 cm³/mol. The van der Waals surface area contributed by atoms with Crippen molar-refractivity contribution in [2.24, 2.45) is 5.92 Å². The van der Waals surface area contributed by atoms with E-state index in [2.05, 4.69) is 15.9 Å². The molecular weight excluding hydrogens is 314 g/mol. The summed E-state index contributed by atoms with van der Waals surface area (Å²) in [5.41, 5.74) is -0.659. The summed E-state index contributed by atoms with van der Waals surface area (Å²) < 4.78 is 5.11. The van der Waals surface area contributed by atoms with Crippen LogP contribution in [0.25, 0.3) is 0 Å². The van der Waals surface area contributed by atoms with Gasteiger partial charge in [-0.05, 0) is 26.7 Å². The van der Waals surface area contributed by atoms with Gasteiger partial charge in [-0.3, -0.25) is 4.90 Å². The van der Waals surface area contributed by atoms with E-state index in [0.29, 0.717) is 11.8 Å². The molecule has 0 aliphatic carbocycles. The third kappa shape index (κ3) is 5.38. The van der Waals surface area contributed by atoms with Crippen molar-refractivity contribution < 1.29 is 19.4 Å². The van der Waals surface area contributed by atoms with E-state index in [1.54, 1.807) is 20.8 Å². The van der Waals surface area contributed by atoms with Gasteiger partial charge < -0.3 is 9.84 Å². The highest BCUT2D eigenvalue weighted by Crippen LogP contribution is 2.25. The number of alkyl halides is 1. The number of rotatable bonds is 6. The van der Waals surface area contributed by atoms with Gasteiger partial charge in [0.05, 0.1) is 0 Å². The third-order valence-corrected chi connectivity index (χ3v) is 3.28. The number of amides is 1. The number of esters is 1. The highest BCUT2D eigenvalue weighted by molar-refractivity contribution is 9.09. The maximum absolute atomic E-state index is 12.1. The third-order valence-electron chi connectivity index (χ3n) is 2.95. The molecule has 0 aromatic heterocycles. The molecule has 0 fully saturated rings. The highest BCUT2D eigenvalue weighted by atomic mass is 79.9. The summed E-state index contributed by atoms with van der Waals surface area (Å²) >= 11 is 3.18. The molecule has 0 aliphatic heterocycles. The van der Waals surface area contributed by atoms with E-state index in [0.717, 1.165) is 0 Å². The van der Waals surface area contributed by atoms with Crippen LogP contribution in [0.1, 0.15) is 41.0 Å². The Morgan fingerprint density at radius 1 is 1.37 bits per heavy atom. The Bertz CT molecular complexity index is 314. The Hall–Kier alpha value is -0.780. The van der Waals surface area contributed by atoms with Crippen molar-refractivity contribution in [2.75, 3.05) is 11.9 Å². The summed E-state index contributed by atoms with van der Waals surface area (Å²) in [6.07, 6.45) is -0.401. The second kappa shape index (κ2) is 7.72. The second-order valence-corrected chi connectivity index (χ2v) is 6.30. The zero-order valence-corrected chi connectivity index (χ0v) is 13.9. The number of nitrogens with zero attached hydrogens (tertiary/aromatic N) is 1. The van der Waals surface area contributed by atoms with E-state index in [1.807, 2.05) is 13.8 Å². The topological polar surface area (TPSA) is 66.8 Å². The molecule has 0 aromatic rings. The molecule has 0 saturated carbocycles. The van der Waals surface area contributed by atoms with Gasteiger partial charge in [-0.25, -0.2) is 9.59 Å². The predicted octanol–water partition coefficient (Wildman–Crippen LogP) is 3.12. The number of ether oxygens (including phenoxy) is 1. The summed E-state index contributed by atoms with van der Waals surface area (Å²) in [5, 5.41) is 9.94. The Morgan fingerprint density at radius 3 is 2.21 bits per heavy atom. The van der Waals surface area contributed by atoms with E-state index in [1.165, 1.54) is 4.90 Å². The van der Waals surface area contributed by atoms with Crippen molar-refractivity contribution in [3.8, 4) is 0 Å². The molecule has 2 unspecified atom stereocenters. The summed E-state index contributed by atoms with van der Waals surface area (Å²) in [6, 6.07) is -0.776. The largest absolute Gasteiger partial charge is 0.465 e. The molecule has 5 nitrogen and oxygen atoms in total. The van der Waals surface area contributed by atoms with Crippen molar-refractivity contribution in [3.05, 3.63) is 0 Å². The quantitative estimate of drug-likeness (QED) is 0.597. The fraction of sp³-hybridized carbons (Fsp3) is 0.846. The fourth-order valence-corrected chi connectivity index (χ4v) is 2.03. The number of carbonyl (C=O) groups excluding carboxylic acids is 1. The number of hydrogen-bond donors (Lipinski definition) is 1. The van der Waals surface area contributed by atoms with Crippen molar-refractivity contribution in [1.29, 1.82) is 0 Å². The van der Waals surface area contributed by atoms with Crippen LogP contribution >= 0.6 is 15.9 Å². The van der Waals surface area contributed by atoms with Crippen LogP contribution in [0.4, 0.5) is 4.79 Å². The van der Waals surface area contributed by atoms with Crippen molar-refractivity contribution in [1.82, 2.24) is 4.90 Å². The van der Waals surface area contributed by atoms with Gasteiger partial charge in [0.1, 0.15) is 12.6 Å².